The quantitative estimate of drug-likeness (QED) is 0.878. The molecule has 0 aliphatic heterocycles. The van der Waals surface area contributed by atoms with Gasteiger partial charge in [0.25, 0.3) is 0 Å². The molecule has 0 spiro atoms. The van der Waals surface area contributed by atoms with Crippen LogP contribution < -0.4 is 5.32 Å². The Bertz CT molecular complexity index is 517. The van der Waals surface area contributed by atoms with Gasteiger partial charge in [0.15, 0.2) is 12.0 Å². The van der Waals surface area contributed by atoms with Gasteiger partial charge in [0.1, 0.15) is 5.52 Å². The number of carbonyl (C=O) groups is 1. The van der Waals surface area contributed by atoms with Crippen molar-refractivity contribution >= 4 is 17.0 Å². The monoisotopic (exact) mass is 232 g/mol. The van der Waals surface area contributed by atoms with Crippen LogP contribution in [-0.2, 0) is 11.2 Å². The van der Waals surface area contributed by atoms with Crippen LogP contribution in [0.25, 0.3) is 11.1 Å². The normalized spacial score (nSPS) is 11.0. The fourth-order valence-electron chi connectivity index (χ4n) is 1.59. The van der Waals surface area contributed by atoms with Gasteiger partial charge in [-0.2, -0.15) is 0 Å². The Morgan fingerprint density at radius 1 is 1.47 bits per heavy atom. The van der Waals surface area contributed by atoms with Crippen molar-refractivity contribution in [1.82, 2.24) is 10.3 Å². The molecule has 4 heteroatoms. The molecule has 0 aliphatic carbocycles. The number of fused-ring (bicyclic) bond motifs is 1. The average molecular weight is 232 g/mol. The summed E-state index contributed by atoms with van der Waals surface area (Å²) in [5.74, 6) is 0.125. The van der Waals surface area contributed by atoms with Gasteiger partial charge in [0, 0.05) is 12.5 Å². The standard InChI is InChI=1S/C13H16N2O2/c1-9(2)13(16)14-6-5-10-3-4-12-11(7-10)15-8-17-12/h3-4,7-9H,5-6H2,1-2H3,(H,14,16). The summed E-state index contributed by atoms with van der Waals surface area (Å²) >= 11 is 0. The van der Waals surface area contributed by atoms with Gasteiger partial charge in [-0.05, 0) is 24.1 Å². The second-order valence-corrected chi connectivity index (χ2v) is 4.35. The van der Waals surface area contributed by atoms with Crippen LogP contribution in [-0.4, -0.2) is 17.4 Å². The Morgan fingerprint density at radius 3 is 3.06 bits per heavy atom. The summed E-state index contributed by atoms with van der Waals surface area (Å²) in [5, 5.41) is 2.89. The molecule has 1 aromatic heterocycles. The number of aromatic nitrogens is 1. The first-order valence-electron chi connectivity index (χ1n) is 5.76. The van der Waals surface area contributed by atoms with Crippen molar-refractivity contribution in [2.45, 2.75) is 20.3 Å². The summed E-state index contributed by atoms with van der Waals surface area (Å²) in [5.41, 5.74) is 2.80. The van der Waals surface area contributed by atoms with E-state index in [0.717, 1.165) is 23.1 Å². The third kappa shape index (κ3) is 2.84. The van der Waals surface area contributed by atoms with Crippen molar-refractivity contribution in [2.24, 2.45) is 5.92 Å². The van der Waals surface area contributed by atoms with Gasteiger partial charge in [-0.15, -0.1) is 0 Å². The molecule has 1 heterocycles. The van der Waals surface area contributed by atoms with Gasteiger partial charge in [-0.25, -0.2) is 4.98 Å². The zero-order valence-corrected chi connectivity index (χ0v) is 10.1. The highest BCUT2D eigenvalue weighted by Gasteiger charge is 2.05. The molecule has 0 bridgehead atoms. The fourth-order valence-corrected chi connectivity index (χ4v) is 1.59. The number of hydrogen-bond acceptors (Lipinski definition) is 3. The number of benzene rings is 1. The van der Waals surface area contributed by atoms with Crippen molar-refractivity contribution in [3.63, 3.8) is 0 Å². The fraction of sp³-hybridized carbons (Fsp3) is 0.385. The molecule has 90 valence electrons. The summed E-state index contributed by atoms with van der Waals surface area (Å²) in [6.07, 6.45) is 2.25. The largest absolute Gasteiger partial charge is 0.443 e. The summed E-state index contributed by atoms with van der Waals surface area (Å²) < 4.78 is 5.17. The number of carbonyl (C=O) groups excluding carboxylic acids is 1. The highest BCUT2D eigenvalue weighted by molar-refractivity contribution is 5.77. The first-order chi connectivity index (χ1) is 8.16. The number of rotatable bonds is 4. The molecule has 17 heavy (non-hydrogen) atoms. The van der Waals surface area contributed by atoms with Gasteiger partial charge >= 0.3 is 0 Å². The van der Waals surface area contributed by atoms with Crippen molar-refractivity contribution in [2.75, 3.05) is 6.54 Å². The number of amides is 1. The number of nitrogens with zero attached hydrogens (tertiary/aromatic N) is 1. The smallest absolute Gasteiger partial charge is 0.222 e. The van der Waals surface area contributed by atoms with Crippen LogP contribution in [0.4, 0.5) is 0 Å². The molecule has 2 rings (SSSR count). The van der Waals surface area contributed by atoms with Crippen LogP contribution in [0.3, 0.4) is 0 Å². The Morgan fingerprint density at radius 2 is 2.29 bits per heavy atom. The molecule has 1 aromatic carbocycles. The maximum absolute atomic E-state index is 11.4. The van der Waals surface area contributed by atoms with E-state index in [-0.39, 0.29) is 11.8 Å². The molecule has 0 aliphatic rings. The van der Waals surface area contributed by atoms with E-state index in [0.29, 0.717) is 6.54 Å². The van der Waals surface area contributed by atoms with Crippen LogP contribution in [0.15, 0.2) is 29.0 Å². The van der Waals surface area contributed by atoms with Gasteiger partial charge in [-0.3, -0.25) is 4.79 Å². The molecule has 0 atom stereocenters. The maximum Gasteiger partial charge on any atom is 0.222 e. The lowest BCUT2D eigenvalue weighted by atomic mass is 10.1. The van der Waals surface area contributed by atoms with Crippen molar-refractivity contribution in [1.29, 1.82) is 0 Å². The number of oxazole rings is 1. The average Bonchev–Trinajstić information content (AvgIpc) is 2.75. The number of hydrogen-bond donors (Lipinski definition) is 1. The molecule has 0 unspecified atom stereocenters. The Balaban J connectivity index is 1.92. The van der Waals surface area contributed by atoms with Crippen LogP contribution in [0.5, 0.6) is 0 Å². The van der Waals surface area contributed by atoms with Crippen molar-refractivity contribution < 1.29 is 9.21 Å². The lowest BCUT2D eigenvalue weighted by Crippen LogP contribution is -2.29. The van der Waals surface area contributed by atoms with Crippen LogP contribution in [0, 0.1) is 5.92 Å². The zero-order chi connectivity index (χ0) is 12.3. The SMILES string of the molecule is CC(C)C(=O)NCCc1ccc2ocnc2c1. The van der Waals surface area contributed by atoms with E-state index in [1.807, 2.05) is 32.0 Å². The molecule has 0 fully saturated rings. The molecule has 1 N–H and O–H groups in total. The predicted octanol–water partition coefficient (Wildman–Crippen LogP) is 2.14. The highest BCUT2D eigenvalue weighted by atomic mass is 16.3. The van der Waals surface area contributed by atoms with Gasteiger partial charge in [0.05, 0.1) is 0 Å². The van der Waals surface area contributed by atoms with Crippen LogP contribution in [0.1, 0.15) is 19.4 Å². The zero-order valence-electron chi connectivity index (χ0n) is 10.1. The first-order valence-corrected chi connectivity index (χ1v) is 5.76. The van der Waals surface area contributed by atoms with E-state index >= 15 is 0 Å². The van der Waals surface area contributed by atoms with E-state index in [9.17, 15) is 4.79 Å². The molecule has 2 aromatic rings. The molecule has 0 radical (unpaired) electrons. The molecule has 0 saturated heterocycles. The second kappa shape index (κ2) is 4.99. The van der Waals surface area contributed by atoms with Crippen LogP contribution in [0.2, 0.25) is 0 Å². The minimum absolute atomic E-state index is 0.0352. The third-order valence-corrected chi connectivity index (χ3v) is 2.63. The first kappa shape index (κ1) is 11.6. The molecule has 4 nitrogen and oxygen atoms in total. The van der Waals surface area contributed by atoms with E-state index < -0.39 is 0 Å². The van der Waals surface area contributed by atoms with E-state index in [1.165, 1.54) is 6.39 Å². The lowest BCUT2D eigenvalue weighted by Gasteiger charge is -2.07. The van der Waals surface area contributed by atoms with E-state index in [2.05, 4.69) is 10.3 Å². The molecule has 1 amide bonds. The van der Waals surface area contributed by atoms with E-state index in [1.54, 1.807) is 0 Å². The van der Waals surface area contributed by atoms with Gasteiger partial charge < -0.3 is 9.73 Å². The summed E-state index contributed by atoms with van der Waals surface area (Å²) in [6.45, 7) is 4.42. The van der Waals surface area contributed by atoms with E-state index in [4.69, 9.17) is 4.42 Å². The molecular weight excluding hydrogens is 216 g/mol. The topological polar surface area (TPSA) is 55.1 Å². The minimum atomic E-state index is 0.0352. The summed E-state index contributed by atoms with van der Waals surface area (Å²) in [4.78, 5) is 15.5. The number of nitrogens with one attached hydrogen (secondary N) is 1. The van der Waals surface area contributed by atoms with Gasteiger partial charge in [0.2, 0.25) is 5.91 Å². The molecule has 0 saturated carbocycles. The lowest BCUT2D eigenvalue weighted by molar-refractivity contribution is -0.123. The highest BCUT2D eigenvalue weighted by Crippen LogP contribution is 2.14. The van der Waals surface area contributed by atoms with Crippen molar-refractivity contribution in [3.05, 3.63) is 30.2 Å². The second-order valence-electron chi connectivity index (χ2n) is 4.35. The molecular formula is C13H16N2O2. The van der Waals surface area contributed by atoms with Crippen LogP contribution >= 0.6 is 0 Å². The van der Waals surface area contributed by atoms with Crippen molar-refractivity contribution in [3.8, 4) is 0 Å². The summed E-state index contributed by atoms with van der Waals surface area (Å²) in [7, 11) is 0. The Labute approximate surface area is 100 Å². The summed E-state index contributed by atoms with van der Waals surface area (Å²) in [6, 6.07) is 5.89. The predicted molar refractivity (Wildman–Crippen MR) is 65.6 cm³/mol. The third-order valence-electron chi connectivity index (χ3n) is 2.63. The maximum atomic E-state index is 11.4. The Kier molecular flexibility index (Phi) is 3.42. The van der Waals surface area contributed by atoms with Gasteiger partial charge in [-0.1, -0.05) is 19.9 Å². The minimum Gasteiger partial charge on any atom is -0.443 e. The Hall–Kier alpha value is -1.84.